The summed E-state index contributed by atoms with van der Waals surface area (Å²) in [6.07, 6.45) is 3.78. The number of aromatic nitrogens is 2. The number of nitrogens with zero attached hydrogens (tertiary/aromatic N) is 1. The van der Waals surface area contributed by atoms with Crippen molar-refractivity contribution in [2.75, 3.05) is 6.54 Å². The van der Waals surface area contributed by atoms with Crippen LogP contribution in [0.2, 0.25) is 0 Å². The number of hydrogen-bond acceptors (Lipinski definition) is 3. The summed E-state index contributed by atoms with van der Waals surface area (Å²) >= 11 is 5.37. The van der Waals surface area contributed by atoms with Crippen molar-refractivity contribution < 1.29 is 4.79 Å². The van der Waals surface area contributed by atoms with Crippen molar-refractivity contribution in [2.45, 2.75) is 44.6 Å². The van der Waals surface area contributed by atoms with Gasteiger partial charge >= 0.3 is 0 Å². The van der Waals surface area contributed by atoms with Crippen molar-refractivity contribution in [3.63, 3.8) is 0 Å². The molecule has 0 saturated carbocycles. The summed E-state index contributed by atoms with van der Waals surface area (Å²) in [6, 6.07) is 28.3. The maximum atomic E-state index is 12.7. The van der Waals surface area contributed by atoms with Crippen LogP contribution in [0.15, 0.2) is 89.7 Å². The molecule has 0 bridgehead atoms. The number of unbranched alkanes of at least 4 members (excludes halogenated alkanes) is 2. The summed E-state index contributed by atoms with van der Waals surface area (Å²) < 4.78 is 2.06. The van der Waals surface area contributed by atoms with Gasteiger partial charge in [0.25, 0.3) is 5.56 Å². The number of carbonyl (C=O) groups excluding carboxylic acids is 1. The molecule has 1 aromatic heterocycles. The van der Waals surface area contributed by atoms with Crippen LogP contribution in [0.5, 0.6) is 0 Å². The lowest BCUT2D eigenvalue weighted by molar-refractivity contribution is -0.121. The molecule has 0 spiro atoms. The largest absolute Gasteiger partial charge is 0.356 e. The van der Waals surface area contributed by atoms with E-state index in [9.17, 15) is 9.59 Å². The molecule has 6 heteroatoms. The Labute approximate surface area is 210 Å². The van der Waals surface area contributed by atoms with E-state index in [1.54, 1.807) is 4.57 Å². The Bertz CT molecular complexity index is 1320. The van der Waals surface area contributed by atoms with Gasteiger partial charge in [0.1, 0.15) is 0 Å². The number of rotatable bonds is 11. The molecule has 0 aliphatic rings. The Morgan fingerprint density at radius 1 is 0.857 bits per heavy atom. The molecule has 1 heterocycles. The fraction of sp³-hybridized carbons (Fsp3) is 0.276. The fourth-order valence-corrected chi connectivity index (χ4v) is 4.76. The van der Waals surface area contributed by atoms with E-state index in [0.717, 1.165) is 31.2 Å². The van der Waals surface area contributed by atoms with Gasteiger partial charge < -0.3 is 10.3 Å². The molecule has 3 aromatic carbocycles. The Morgan fingerprint density at radius 3 is 2.17 bits per heavy atom. The molecule has 0 saturated heterocycles. The number of aromatic amines is 1. The second-order valence-corrected chi connectivity index (χ2v) is 9.14. The topological polar surface area (TPSA) is 66.9 Å². The van der Waals surface area contributed by atoms with Crippen LogP contribution in [0.1, 0.15) is 49.1 Å². The first kappa shape index (κ1) is 24.6. The molecule has 4 aromatic rings. The monoisotopic (exact) mass is 485 g/mol. The Morgan fingerprint density at radius 2 is 1.49 bits per heavy atom. The molecule has 2 N–H and O–H groups in total. The third-order valence-corrected chi connectivity index (χ3v) is 6.66. The van der Waals surface area contributed by atoms with E-state index in [2.05, 4.69) is 58.8 Å². The second kappa shape index (κ2) is 12.3. The first-order chi connectivity index (χ1) is 17.1. The third-order valence-electron chi connectivity index (χ3n) is 6.33. The van der Waals surface area contributed by atoms with Gasteiger partial charge in [-0.1, -0.05) is 79.2 Å². The number of amides is 1. The molecule has 0 fully saturated rings. The van der Waals surface area contributed by atoms with E-state index < -0.39 is 0 Å². The maximum Gasteiger partial charge on any atom is 0.262 e. The Hall–Kier alpha value is -3.51. The normalized spacial score (nSPS) is 11.1. The molecule has 0 aliphatic heterocycles. The highest BCUT2D eigenvalue weighted by Gasteiger charge is 2.14. The van der Waals surface area contributed by atoms with Crippen LogP contribution in [0.4, 0.5) is 0 Å². The van der Waals surface area contributed by atoms with Crippen LogP contribution in [-0.4, -0.2) is 22.0 Å². The lowest BCUT2D eigenvalue weighted by atomic mass is 9.88. The summed E-state index contributed by atoms with van der Waals surface area (Å²) in [7, 11) is 0. The summed E-state index contributed by atoms with van der Waals surface area (Å²) in [5.74, 6) is 0.326. The molecule has 5 nitrogen and oxygen atoms in total. The van der Waals surface area contributed by atoms with Crippen molar-refractivity contribution in [1.29, 1.82) is 0 Å². The highest BCUT2D eigenvalue weighted by molar-refractivity contribution is 7.71. The predicted molar refractivity (Wildman–Crippen MR) is 144 cm³/mol. The minimum absolute atomic E-state index is 0.0616. The van der Waals surface area contributed by atoms with E-state index >= 15 is 0 Å². The van der Waals surface area contributed by atoms with Gasteiger partial charge in [-0.25, -0.2) is 0 Å². The first-order valence-electron chi connectivity index (χ1n) is 12.2. The van der Waals surface area contributed by atoms with Crippen LogP contribution in [0, 0.1) is 4.77 Å². The van der Waals surface area contributed by atoms with Crippen molar-refractivity contribution in [3.05, 3.63) is 111 Å². The van der Waals surface area contributed by atoms with Gasteiger partial charge in [-0.15, -0.1) is 0 Å². The summed E-state index contributed by atoms with van der Waals surface area (Å²) in [5, 5.41) is 3.73. The molecule has 0 atom stereocenters. The van der Waals surface area contributed by atoms with Crippen LogP contribution >= 0.6 is 12.2 Å². The minimum Gasteiger partial charge on any atom is -0.356 e. The van der Waals surface area contributed by atoms with Gasteiger partial charge in [-0.3, -0.25) is 14.2 Å². The average molecular weight is 486 g/mol. The quantitative estimate of drug-likeness (QED) is 0.204. The summed E-state index contributed by atoms with van der Waals surface area (Å²) in [6.45, 7) is 1.19. The standard InChI is InChI=1S/C29H31N3O2S/c33-27(30-20-19-24(22-12-4-1-5-13-22)23-14-6-2-7-15-23)18-8-3-11-21-32-28(34)25-16-9-10-17-26(25)31-29(32)35/h1-2,4-7,9-10,12-17,24H,3,8,11,18-21H2,(H,30,33)(H,31,35). The molecule has 35 heavy (non-hydrogen) atoms. The zero-order valence-electron chi connectivity index (χ0n) is 19.8. The van der Waals surface area contributed by atoms with Crippen molar-refractivity contribution in [3.8, 4) is 0 Å². The number of hydrogen-bond donors (Lipinski definition) is 2. The van der Waals surface area contributed by atoms with Gasteiger partial charge in [0.15, 0.2) is 4.77 Å². The minimum atomic E-state index is -0.0616. The van der Waals surface area contributed by atoms with Crippen molar-refractivity contribution in [1.82, 2.24) is 14.9 Å². The van der Waals surface area contributed by atoms with Gasteiger partial charge in [0, 0.05) is 25.4 Å². The van der Waals surface area contributed by atoms with Gasteiger partial charge in [-0.05, 0) is 54.7 Å². The highest BCUT2D eigenvalue weighted by atomic mass is 32.1. The van der Waals surface area contributed by atoms with E-state index in [0.29, 0.717) is 29.7 Å². The molecule has 180 valence electrons. The van der Waals surface area contributed by atoms with Gasteiger partial charge in [0.05, 0.1) is 10.9 Å². The molecule has 1 amide bonds. The van der Waals surface area contributed by atoms with E-state index in [1.165, 1.54) is 11.1 Å². The summed E-state index contributed by atoms with van der Waals surface area (Å²) in [5.41, 5.74) is 3.22. The SMILES string of the molecule is O=C(CCCCCn1c(=S)[nH]c2ccccc2c1=O)NCCC(c1ccccc1)c1ccccc1. The summed E-state index contributed by atoms with van der Waals surface area (Å²) in [4.78, 5) is 28.2. The second-order valence-electron chi connectivity index (χ2n) is 8.76. The van der Waals surface area contributed by atoms with Crippen LogP contribution in [0.3, 0.4) is 0 Å². The van der Waals surface area contributed by atoms with Gasteiger partial charge in [-0.2, -0.15) is 0 Å². The number of nitrogens with one attached hydrogen (secondary N) is 2. The maximum absolute atomic E-state index is 12.7. The van der Waals surface area contributed by atoms with Crippen molar-refractivity contribution >= 4 is 29.0 Å². The third kappa shape index (κ3) is 6.55. The molecular formula is C29H31N3O2S. The Kier molecular flexibility index (Phi) is 8.63. The van der Waals surface area contributed by atoms with Crippen LogP contribution < -0.4 is 10.9 Å². The zero-order valence-corrected chi connectivity index (χ0v) is 20.6. The molecule has 0 aliphatic carbocycles. The molecule has 0 radical (unpaired) electrons. The number of H-pyrrole nitrogens is 1. The number of benzene rings is 3. The lowest BCUT2D eigenvalue weighted by Crippen LogP contribution is -2.25. The van der Waals surface area contributed by atoms with E-state index in [-0.39, 0.29) is 17.4 Å². The first-order valence-corrected chi connectivity index (χ1v) is 12.6. The van der Waals surface area contributed by atoms with Gasteiger partial charge in [0.2, 0.25) is 5.91 Å². The molecule has 0 unspecified atom stereocenters. The number of carbonyl (C=O) groups is 1. The molecular weight excluding hydrogens is 454 g/mol. The number of fused-ring (bicyclic) bond motifs is 1. The van der Waals surface area contributed by atoms with E-state index in [4.69, 9.17) is 12.2 Å². The van der Waals surface area contributed by atoms with Crippen LogP contribution in [-0.2, 0) is 11.3 Å². The van der Waals surface area contributed by atoms with Crippen molar-refractivity contribution in [2.24, 2.45) is 0 Å². The predicted octanol–water partition coefficient (Wildman–Crippen LogP) is 5.96. The molecule has 4 rings (SSSR count). The lowest BCUT2D eigenvalue weighted by Gasteiger charge is -2.18. The fourth-order valence-electron chi connectivity index (χ4n) is 4.48. The van der Waals surface area contributed by atoms with Crippen LogP contribution in [0.25, 0.3) is 10.9 Å². The van der Waals surface area contributed by atoms with E-state index in [1.807, 2.05) is 36.4 Å². The smallest absolute Gasteiger partial charge is 0.262 e. The zero-order chi connectivity index (χ0) is 24.5. The average Bonchev–Trinajstić information content (AvgIpc) is 2.89. The Balaban J connectivity index is 1.22. The highest BCUT2D eigenvalue weighted by Crippen LogP contribution is 2.27. The number of para-hydroxylation sites is 1.